The monoisotopic (exact) mass is 324 g/mol. The minimum Gasteiger partial charge on any atom is -0.193 e. The molecule has 0 N–H and O–H groups in total. The zero-order valence-electron chi connectivity index (χ0n) is 9.96. The smallest absolute Gasteiger partial charge is 0.188 e. The molecule has 0 aliphatic carbocycles. The maximum absolute atomic E-state index is 6.18. The van der Waals surface area contributed by atoms with Crippen LogP contribution in [0.2, 0.25) is 15.1 Å². The van der Waals surface area contributed by atoms with Crippen LogP contribution in [0.4, 0.5) is 0 Å². The lowest BCUT2D eigenvalue weighted by molar-refractivity contribution is 0.791. The number of nitrogens with zero attached hydrogens (tertiary/aromatic N) is 4. The predicted molar refractivity (Wildman–Crippen MR) is 79.6 cm³/mol. The fraction of sp³-hybridized carbons (Fsp3) is 0. The van der Waals surface area contributed by atoms with Crippen molar-refractivity contribution < 1.29 is 0 Å². The Morgan fingerprint density at radius 1 is 0.850 bits per heavy atom. The van der Waals surface area contributed by atoms with Gasteiger partial charge in [0.1, 0.15) is 0 Å². The van der Waals surface area contributed by atoms with Crippen molar-refractivity contribution in [1.29, 1.82) is 0 Å². The highest BCUT2D eigenvalue weighted by molar-refractivity contribution is 6.42. The molecular formula is C13H7Cl3N4. The van der Waals surface area contributed by atoms with Crippen LogP contribution in [-0.2, 0) is 0 Å². The molecule has 2 aromatic carbocycles. The van der Waals surface area contributed by atoms with E-state index in [-0.39, 0.29) is 0 Å². The third kappa shape index (κ3) is 2.38. The number of halogens is 3. The minimum absolute atomic E-state index is 0.435. The molecule has 7 heteroatoms. The van der Waals surface area contributed by atoms with Crippen molar-refractivity contribution >= 4 is 34.8 Å². The average Bonchev–Trinajstić information content (AvgIpc) is 2.91. The molecule has 0 radical (unpaired) electrons. The van der Waals surface area contributed by atoms with E-state index in [4.69, 9.17) is 34.8 Å². The van der Waals surface area contributed by atoms with Crippen LogP contribution in [-0.4, -0.2) is 20.2 Å². The minimum atomic E-state index is 0.435. The van der Waals surface area contributed by atoms with E-state index in [9.17, 15) is 0 Å². The Kier molecular flexibility index (Phi) is 3.61. The first kappa shape index (κ1) is 13.4. The fourth-order valence-corrected chi connectivity index (χ4v) is 2.30. The second kappa shape index (κ2) is 5.40. The van der Waals surface area contributed by atoms with Crippen molar-refractivity contribution in [1.82, 2.24) is 20.2 Å². The molecule has 0 saturated heterocycles. The first-order chi connectivity index (χ1) is 9.66. The summed E-state index contributed by atoms with van der Waals surface area (Å²) < 4.78 is 1.56. The normalized spacial score (nSPS) is 10.8. The zero-order chi connectivity index (χ0) is 14.1. The molecule has 0 unspecified atom stereocenters. The van der Waals surface area contributed by atoms with E-state index in [1.807, 2.05) is 18.2 Å². The van der Waals surface area contributed by atoms with E-state index in [2.05, 4.69) is 15.5 Å². The van der Waals surface area contributed by atoms with Gasteiger partial charge in [-0.2, -0.15) is 4.68 Å². The van der Waals surface area contributed by atoms with E-state index in [0.29, 0.717) is 26.6 Å². The zero-order valence-corrected chi connectivity index (χ0v) is 12.2. The summed E-state index contributed by atoms with van der Waals surface area (Å²) >= 11 is 18.1. The molecule has 20 heavy (non-hydrogen) atoms. The van der Waals surface area contributed by atoms with Gasteiger partial charge in [0.15, 0.2) is 5.82 Å². The van der Waals surface area contributed by atoms with Gasteiger partial charge in [-0.1, -0.05) is 46.9 Å². The fourth-order valence-electron chi connectivity index (χ4n) is 1.79. The van der Waals surface area contributed by atoms with E-state index >= 15 is 0 Å². The molecule has 0 fully saturated rings. The standard InChI is InChI=1S/C13H7Cl3N4/c14-10-4-2-1-3-9(10)13-17-18-19-20(13)8-5-6-11(15)12(16)7-8/h1-7H. The van der Waals surface area contributed by atoms with Gasteiger partial charge in [-0.25, -0.2) is 0 Å². The topological polar surface area (TPSA) is 43.6 Å². The Bertz CT molecular complexity index is 770. The summed E-state index contributed by atoms with van der Waals surface area (Å²) in [6.07, 6.45) is 0. The molecule has 3 rings (SSSR count). The largest absolute Gasteiger partial charge is 0.193 e. The van der Waals surface area contributed by atoms with Gasteiger partial charge in [0.2, 0.25) is 0 Å². The van der Waals surface area contributed by atoms with Crippen molar-refractivity contribution in [2.24, 2.45) is 0 Å². The van der Waals surface area contributed by atoms with Gasteiger partial charge in [-0.15, -0.1) is 5.10 Å². The highest BCUT2D eigenvalue weighted by Crippen LogP contribution is 2.29. The summed E-state index contributed by atoms with van der Waals surface area (Å²) in [7, 11) is 0. The summed E-state index contributed by atoms with van der Waals surface area (Å²) in [6.45, 7) is 0. The van der Waals surface area contributed by atoms with Crippen molar-refractivity contribution in [2.45, 2.75) is 0 Å². The van der Waals surface area contributed by atoms with Crippen LogP contribution in [0.25, 0.3) is 17.1 Å². The van der Waals surface area contributed by atoms with Crippen LogP contribution < -0.4 is 0 Å². The maximum atomic E-state index is 6.18. The molecule has 3 aromatic rings. The number of rotatable bonds is 2. The van der Waals surface area contributed by atoms with E-state index in [1.54, 1.807) is 28.9 Å². The lowest BCUT2D eigenvalue weighted by Gasteiger charge is -2.06. The van der Waals surface area contributed by atoms with E-state index in [0.717, 1.165) is 5.56 Å². The molecular weight excluding hydrogens is 319 g/mol. The van der Waals surface area contributed by atoms with E-state index < -0.39 is 0 Å². The molecule has 1 aromatic heterocycles. The molecule has 0 aliphatic rings. The van der Waals surface area contributed by atoms with Crippen molar-refractivity contribution in [3.05, 3.63) is 57.5 Å². The van der Waals surface area contributed by atoms with Crippen LogP contribution in [0.3, 0.4) is 0 Å². The summed E-state index contributed by atoms with van der Waals surface area (Å²) in [5, 5.41) is 13.2. The molecule has 0 atom stereocenters. The van der Waals surface area contributed by atoms with Gasteiger partial charge in [0.25, 0.3) is 0 Å². The lowest BCUT2D eigenvalue weighted by Crippen LogP contribution is -2.00. The van der Waals surface area contributed by atoms with Crippen molar-refractivity contribution in [3.63, 3.8) is 0 Å². The summed E-state index contributed by atoms with van der Waals surface area (Å²) in [4.78, 5) is 0. The van der Waals surface area contributed by atoms with Crippen LogP contribution in [0, 0.1) is 0 Å². The van der Waals surface area contributed by atoms with Gasteiger partial charge in [0.05, 0.1) is 20.8 Å². The van der Waals surface area contributed by atoms with Gasteiger partial charge >= 0.3 is 0 Å². The highest BCUT2D eigenvalue weighted by Gasteiger charge is 2.14. The predicted octanol–water partition coefficient (Wildman–Crippen LogP) is 4.29. The molecule has 4 nitrogen and oxygen atoms in total. The Hall–Kier alpha value is -1.62. The van der Waals surface area contributed by atoms with Crippen LogP contribution in [0.5, 0.6) is 0 Å². The Balaban J connectivity index is 2.15. The van der Waals surface area contributed by atoms with Crippen LogP contribution >= 0.6 is 34.8 Å². The molecule has 0 amide bonds. The van der Waals surface area contributed by atoms with Crippen molar-refractivity contribution in [3.8, 4) is 17.1 Å². The summed E-state index contributed by atoms with van der Waals surface area (Å²) in [5.74, 6) is 0.536. The van der Waals surface area contributed by atoms with E-state index in [1.165, 1.54) is 0 Å². The SMILES string of the molecule is Clc1ccc(-n2nnnc2-c2ccccc2Cl)cc1Cl. The number of hydrogen-bond acceptors (Lipinski definition) is 3. The molecule has 0 aliphatic heterocycles. The summed E-state index contributed by atoms with van der Waals surface area (Å²) in [6, 6.07) is 12.5. The number of tetrazole rings is 1. The van der Waals surface area contributed by atoms with Crippen LogP contribution in [0.15, 0.2) is 42.5 Å². The second-order valence-corrected chi connectivity index (χ2v) is 5.21. The average molecular weight is 326 g/mol. The Morgan fingerprint density at radius 3 is 2.40 bits per heavy atom. The van der Waals surface area contributed by atoms with Gasteiger partial charge in [0, 0.05) is 5.56 Å². The molecule has 0 spiro atoms. The Morgan fingerprint density at radius 2 is 1.65 bits per heavy atom. The molecule has 100 valence electrons. The van der Waals surface area contributed by atoms with Gasteiger partial charge in [-0.05, 0) is 40.8 Å². The number of aromatic nitrogens is 4. The molecule has 0 bridgehead atoms. The Labute approximate surface area is 129 Å². The van der Waals surface area contributed by atoms with Crippen LogP contribution in [0.1, 0.15) is 0 Å². The summed E-state index contributed by atoms with van der Waals surface area (Å²) in [5.41, 5.74) is 1.45. The third-order valence-corrected chi connectivity index (χ3v) is 3.80. The first-order valence-corrected chi connectivity index (χ1v) is 6.79. The maximum Gasteiger partial charge on any atom is 0.188 e. The number of hydrogen-bond donors (Lipinski definition) is 0. The molecule has 1 heterocycles. The van der Waals surface area contributed by atoms with Gasteiger partial charge < -0.3 is 0 Å². The lowest BCUT2D eigenvalue weighted by atomic mass is 10.2. The second-order valence-electron chi connectivity index (χ2n) is 3.99. The number of benzene rings is 2. The molecule has 0 saturated carbocycles. The quantitative estimate of drug-likeness (QED) is 0.706. The first-order valence-electron chi connectivity index (χ1n) is 5.65. The third-order valence-electron chi connectivity index (χ3n) is 2.73. The highest BCUT2D eigenvalue weighted by atomic mass is 35.5. The van der Waals surface area contributed by atoms with Crippen molar-refractivity contribution in [2.75, 3.05) is 0 Å². The van der Waals surface area contributed by atoms with Gasteiger partial charge in [-0.3, -0.25) is 0 Å².